The Morgan fingerprint density at radius 1 is 0.611 bits per heavy atom. The van der Waals surface area contributed by atoms with Crippen LogP contribution in [0.3, 0.4) is 0 Å². The fraction of sp³-hybridized carbons (Fsp3) is 0.0303. The van der Waals surface area contributed by atoms with Crippen molar-refractivity contribution in [2.24, 2.45) is 0 Å². The van der Waals surface area contributed by atoms with Crippen molar-refractivity contribution in [3.63, 3.8) is 0 Å². The number of H-pyrrole nitrogens is 1. The van der Waals surface area contributed by atoms with E-state index in [1.807, 2.05) is 23.5 Å². The van der Waals surface area contributed by atoms with Crippen molar-refractivity contribution in [1.82, 2.24) is 4.98 Å². The maximum Gasteiger partial charge on any atom is 0.118 e. The van der Waals surface area contributed by atoms with Crippen LogP contribution in [0.2, 0.25) is 0 Å². The predicted octanol–water partition coefficient (Wildman–Crippen LogP) is 9.67. The van der Waals surface area contributed by atoms with Gasteiger partial charge in [0.25, 0.3) is 0 Å². The van der Waals surface area contributed by atoms with Crippen LogP contribution in [-0.2, 0) is 0 Å². The Labute approximate surface area is 211 Å². The van der Waals surface area contributed by atoms with Crippen LogP contribution in [0.4, 0.5) is 0 Å². The minimum absolute atomic E-state index is 0.878. The van der Waals surface area contributed by atoms with Gasteiger partial charge in [-0.1, -0.05) is 78.9 Å². The van der Waals surface area contributed by atoms with E-state index in [0.717, 1.165) is 5.75 Å². The molecule has 0 aliphatic carbocycles. The maximum absolute atomic E-state index is 5.37. The molecular formula is C33H21NOS. The minimum Gasteiger partial charge on any atom is -0.497 e. The summed E-state index contributed by atoms with van der Waals surface area (Å²) < 4.78 is 8.00. The first kappa shape index (κ1) is 19.9. The van der Waals surface area contributed by atoms with E-state index in [0.29, 0.717) is 0 Å². The van der Waals surface area contributed by atoms with Gasteiger partial charge in [0.15, 0.2) is 0 Å². The molecule has 0 amide bonds. The molecule has 0 aliphatic heterocycles. The Bertz CT molecular complexity index is 2130. The number of nitrogens with one attached hydrogen (secondary N) is 1. The van der Waals surface area contributed by atoms with Crippen LogP contribution in [0.25, 0.3) is 74.6 Å². The SMILES string of the molecule is COc1ccc(-c2cccc3c2sc2cc4[nH]c5c6ccccc6c6ccccc6c5c4cc23)cc1. The molecule has 170 valence electrons. The fourth-order valence-electron chi connectivity index (χ4n) is 5.84. The third-order valence-electron chi connectivity index (χ3n) is 7.50. The van der Waals surface area contributed by atoms with Gasteiger partial charge in [-0.3, -0.25) is 0 Å². The van der Waals surface area contributed by atoms with E-state index >= 15 is 0 Å². The van der Waals surface area contributed by atoms with Crippen molar-refractivity contribution in [3.8, 4) is 16.9 Å². The molecule has 0 unspecified atom stereocenters. The van der Waals surface area contributed by atoms with Gasteiger partial charge in [0.05, 0.1) is 12.6 Å². The summed E-state index contributed by atoms with van der Waals surface area (Å²) in [7, 11) is 1.71. The van der Waals surface area contributed by atoms with Gasteiger partial charge < -0.3 is 9.72 Å². The quantitative estimate of drug-likeness (QED) is 0.245. The molecule has 2 nitrogen and oxygen atoms in total. The highest BCUT2D eigenvalue weighted by atomic mass is 32.1. The molecule has 0 fully saturated rings. The second kappa shape index (κ2) is 7.33. The van der Waals surface area contributed by atoms with Gasteiger partial charge in [-0.05, 0) is 51.6 Å². The lowest BCUT2D eigenvalue weighted by atomic mass is 9.96. The molecule has 0 saturated carbocycles. The van der Waals surface area contributed by atoms with Crippen LogP contribution in [0.15, 0.2) is 103 Å². The van der Waals surface area contributed by atoms with E-state index < -0.39 is 0 Å². The summed E-state index contributed by atoms with van der Waals surface area (Å²) in [5.41, 5.74) is 4.89. The summed E-state index contributed by atoms with van der Waals surface area (Å²) in [5.74, 6) is 0.878. The number of aromatic nitrogens is 1. The number of benzene rings is 6. The third-order valence-corrected chi connectivity index (χ3v) is 8.70. The Kier molecular flexibility index (Phi) is 4.05. The first-order chi connectivity index (χ1) is 17.8. The summed E-state index contributed by atoms with van der Waals surface area (Å²) in [4.78, 5) is 3.80. The highest BCUT2D eigenvalue weighted by molar-refractivity contribution is 7.26. The summed E-state index contributed by atoms with van der Waals surface area (Å²) in [6.07, 6.45) is 0. The predicted molar refractivity (Wildman–Crippen MR) is 156 cm³/mol. The van der Waals surface area contributed by atoms with E-state index in [1.54, 1.807) is 7.11 Å². The molecule has 0 bridgehead atoms. The molecule has 0 radical (unpaired) electrons. The number of fused-ring (bicyclic) bond motifs is 11. The summed E-state index contributed by atoms with van der Waals surface area (Å²) in [6.45, 7) is 0. The summed E-state index contributed by atoms with van der Waals surface area (Å²) in [5, 5.41) is 10.4. The Hall–Kier alpha value is -4.34. The van der Waals surface area contributed by atoms with Crippen LogP contribution < -0.4 is 4.74 Å². The molecule has 0 spiro atoms. The molecule has 0 saturated heterocycles. The standard InChI is InChI=1S/C33H21NOS/c1-35-20-15-13-19(14-16-20)21-11-6-12-26-27-17-28-29(18-30(27)36-33(21)26)34-32-25-10-5-3-8-23(25)22-7-2-4-9-24(22)31(28)32/h2-18,34H,1H3. The Morgan fingerprint density at radius 3 is 2.08 bits per heavy atom. The maximum atomic E-state index is 5.37. The van der Waals surface area contributed by atoms with Crippen LogP contribution in [0.5, 0.6) is 5.75 Å². The zero-order chi connectivity index (χ0) is 23.8. The minimum atomic E-state index is 0.878. The van der Waals surface area contributed by atoms with Crippen LogP contribution >= 0.6 is 11.3 Å². The van der Waals surface area contributed by atoms with Gasteiger partial charge in [-0.15, -0.1) is 11.3 Å². The van der Waals surface area contributed by atoms with Gasteiger partial charge in [-0.2, -0.15) is 0 Å². The van der Waals surface area contributed by atoms with Gasteiger partial charge >= 0.3 is 0 Å². The normalized spacial score (nSPS) is 12.0. The lowest BCUT2D eigenvalue weighted by molar-refractivity contribution is 0.415. The molecule has 8 rings (SSSR count). The van der Waals surface area contributed by atoms with Crippen molar-refractivity contribution in [2.45, 2.75) is 0 Å². The summed E-state index contributed by atoms with van der Waals surface area (Å²) in [6, 6.07) is 37.3. The number of ether oxygens (including phenoxy) is 1. The molecule has 2 heterocycles. The van der Waals surface area contributed by atoms with Crippen LogP contribution in [-0.4, -0.2) is 12.1 Å². The number of rotatable bonds is 2. The number of hydrogen-bond acceptors (Lipinski definition) is 2. The molecule has 3 heteroatoms. The fourth-order valence-corrected chi connectivity index (χ4v) is 7.10. The van der Waals surface area contributed by atoms with Gasteiger partial charge in [-0.25, -0.2) is 0 Å². The molecule has 0 aliphatic rings. The first-order valence-corrected chi connectivity index (χ1v) is 13.0. The van der Waals surface area contributed by atoms with Crippen molar-refractivity contribution >= 4 is 74.9 Å². The molecule has 2 aromatic heterocycles. The highest BCUT2D eigenvalue weighted by Crippen LogP contribution is 2.44. The summed E-state index contributed by atoms with van der Waals surface area (Å²) >= 11 is 1.87. The second-order valence-electron chi connectivity index (χ2n) is 9.37. The smallest absolute Gasteiger partial charge is 0.118 e. The average Bonchev–Trinajstić information content (AvgIpc) is 3.50. The molecular weight excluding hydrogens is 458 g/mol. The zero-order valence-electron chi connectivity index (χ0n) is 19.6. The topological polar surface area (TPSA) is 25.0 Å². The third kappa shape index (κ3) is 2.66. The molecule has 0 atom stereocenters. The second-order valence-corrected chi connectivity index (χ2v) is 10.4. The number of methoxy groups -OCH3 is 1. The van der Waals surface area contributed by atoms with E-state index in [1.165, 1.54) is 74.6 Å². The molecule has 6 aromatic carbocycles. The average molecular weight is 480 g/mol. The first-order valence-electron chi connectivity index (χ1n) is 12.1. The van der Waals surface area contributed by atoms with E-state index in [9.17, 15) is 0 Å². The van der Waals surface area contributed by atoms with Gasteiger partial charge in [0, 0.05) is 41.8 Å². The molecule has 1 N–H and O–H groups in total. The molecule has 36 heavy (non-hydrogen) atoms. The number of hydrogen-bond donors (Lipinski definition) is 1. The van der Waals surface area contributed by atoms with Crippen molar-refractivity contribution in [2.75, 3.05) is 7.11 Å². The number of thiophene rings is 1. The van der Waals surface area contributed by atoms with Crippen LogP contribution in [0, 0.1) is 0 Å². The number of aromatic amines is 1. The van der Waals surface area contributed by atoms with Crippen molar-refractivity contribution in [3.05, 3.63) is 103 Å². The van der Waals surface area contributed by atoms with Crippen LogP contribution in [0.1, 0.15) is 0 Å². The highest BCUT2D eigenvalue weighted by Gasteiger charge is 2.16. The van der Waals surface area contributed by atoms with Gasteiger partial charge in [0.1, 0.15) is 5.75 Å². The monoisotopic (exact) mass is 479 g/mol. The zero-order valence-corrected chi connectivity index (χ0v) is 20.4. The Balaban J connectivity index is 1.48. The van der Waals surface area contributed by atoms with E-state index in [-0.39, 0.29) is 0 Å². The van der Waals surface area contributed by atoms with E-state index in [4.69, 9.17) is 4.74 Å². The Morgan fingerprint density at radius 2 is 1.31 bits per heavy atom. The molecule has 8 aromatic rings. The lowest BCUT2D eigenvalue weighted by Gasteiger charge is -2.07. The lowest BCUT2D eigenvalue weighted by Crippen LogP contribution is -1.82. The van der Waals surface area contributed by atoms with Gasteiger partial charge in [0.2, 0.25) is 0 Å². The van der Waals surface area contributed by atoms with Crippen molar-refractivity contribution < 1.29 is 4.74 Å². The van der Waals surface area contributed by atoms with E-state index in [2.05, 4.69) is 96.0 Å². The largest absolute Gasteiger partial charge is 0.497 e. The van der Waals surface area contributed by atoms with Crippen molar-refractivity contribution in [1.29, 1.82) is 0 Å².